The lowest BCUT2D eigenvalue weighted by molar-refractivity contribution is 0.0939. The number of nitrogens with zero attached hydrogens (tertiary/aromatic N) is 1. The van der Waals surface area contributed by atoms with Crippen LogP contribution in [0.2, 0.25) is 0 Å². The van der Waals surface area contributed by atoms with Crippen LogP contribution in [0.4, 0.5) is 0 Å². The molecular formula is C13H12BrIN2OS. The highest BCUT2D eigenvalue weighted by Crippen LogP contribution is 2.22. The second-order valence-electron chi connectivity index (χ2n) is 4.15. The molecule has 0 spiro atoms. The summed E-state index contributed by atoms with van der Waals surface area (Å²) in [5, 5.41) is 5.88. The lowest BCUT2D eigenvalue weighted by atomic mass is 10.2. The van der Waals surface area contributed by atoms with Crippen molar-refractivity contribution in [2.45, 2.75) is 19.9 Å². The van der Waals surface area contributed by atoms with Crippen LogP contribution < -0.4 is 5.32 Å². The summed E-state index contributed by atoms with van der Waals surface area (Å²) in [7, 11) is 0. The third kappa shape index (κ3) is 3.76. The highest BCUT2D eigenvalue weighted by molar-refractivity contribution is 14.1. The van der Waals surface area contributed by atoms with Crippen molar-refractivity contribution in [1.82, 2.24) is 10.3 Å². The maximum Gasteiger partial charge on any atom is 0.253 e. The smallest absolute Gasteiger partial charge is 0.253 e. The van der Waals surface area contributed by atoms with Gasteiger partial charge in [-0.3, -0.25) is 4.79 Å². The number of thiazole rings is 1. The summed E-state index contributed by atoms with van der Waals surface area (Å²) >= 11 is 7.16. The van der Waals surface area contributed by atoms with E-state index in [2.05, 4.69) is 48.8 Å². The van der Waals surface area contributed by atoms with Crippen LogP contribution >= 0.6 is 49.9 Å². The number of carbonyl (C=O) groups excluding carboxylic acids is 1. The molecule has 0 bridgehead atoms. The van der Waals surface area contributed by atoms with Gasteiger partial charge in [0.25, 0.3) is 5.91 Å². The van der Waals surface area contributed by atoms with Gasteiger partial charge in [0.05, 0.1) is 11.6 Å². The van der Waals surface area contributed by atoms with Gasteiger partial charge < -0.3 is 5.32 Å². The van der Waals surface area contributed by atoms with Crippen LogP contribution in [0.1, 0.15) is 34.0 Å². The van der Waals surface area contributed by atoms with E-state index in [1.807, 2.05) is 37.4 Å². The Morgan fingerprint density at radius 3 is 2.89 bits per heavy atom. The molecule has 0 radical (unpaired) electrons. The summed E-state index contributed by atoms with van der Waals surface area (Å²) in [6.07, 6.45) is 0. The molecule has 3 nitrogen and oxygen atoms in total. The van der Waals surface area contributed by atoms with Crippen molar-refractivity contribution in [2.24, 2.45) is 0 Å². The number of nitrogens with one attached hydrogen (secondary N) is 1. The van der Waals surface area contributed by atoms with Crippen LogP contribution in [0.3, 0.4) is 0 Å². The summed E-state index contributed by atoms with van der Waals surface area (Å²) in [4.78, 5) is 16.6. The van der Waals surface area contributed by atoms with Gasteiger partial charge in [-0.05, 0) is 70.6 Å². The molecule has 100 valence electrons. The van der Waals surface area contributed by atoms with E-state index < -0.39 is 0 Å². The summed E-state index contributed by atoms with van der Waals surface area (Å²) in [6, 6.07) is 5.61. The molecule has 1 heterocycles. The van der Waals surface area contributed by atoms with Gasteiger partial charge >= 0.3 is 0 Å². The Balaban J connectivity index is 2.15. The Morgan fingerprint density at radius 2 is 2.26 bits per heavy atom. The minimum absolute atomic E-state index is 0.0871. The molecule has 0 saturated carbocycles. The van der Waals surface area contributed by atoms with Crippen molar-refractivity contribution in [1.29, 1.82) is 0 Å². The average molecular weight is 451 g/mol. The van der Waals surface area contributed by atoms with Gasteiger partial charge in [-0.2, -0.15) is 0 Å². The van der Waals surface area contributed by atoms with Gasteiger partial charge in [-0.1, -0.05) is 0 Å². The molecule has 0 aliphatic heterocycles. The molecular weight excluding hydrogens is 439 g/mol. The van der Waals surface area contributed by atoms with Gasteiger partial charge in [0, 0.05) is 19.1 Å². The molecule has 2 rings (SSSR count). The zero-order valence-electron chi connectivity index (χ0n) is 10.4. The molecule has 1 N–H and O–H groups in total. The first-order valence-corrected chi connectivity index (χ1v) is 8.40. The van der Waals surface area contributed by atoms with Gasteiger partial charge in [0.1, 0.15) is 5.01 Å². The largest absolute Gasteiger partial charge is 0.343 e. The van der Waals surface area contributed by atoms with E-state index in [4.69, 9.17) is 0 Å². The third-order valence-corrected chi connectivity index (χ3v) is 5.04. The topological polar surface area (TPSA) is 42.0 Å². The summed E-state index contributed by atoms with van der Waals surface area (Å²) in [5.74, 6) is -0.0919. The highest BCUT2D eigenvalue weighted by Gasteiger charge is 2.16. The molecule has 0 aliphatic rings. The first-order valence-electron chi connectivity index (χ1n) is 5.65. The fraction of sp³-hybridized carbons (Fsp3) is 0.231. The van der Waals surface area contributed by atoms with Gasteiger partial charge in [0.15, 0.2) is 0 Å². The fourth-order valence-electron chi connectivity index (χ4n) is 1.58. The van der Waals surface area contributed by atoms with Crippen LogP contribution in [0, 0.1) is 10.5 Å². The monoisotopic (exact) mass is 450 g/mol. The lowest BCUT2D eigenvalue weighted by Gasteiger charge is -2.12. The van der Waals surface area contributed by atoms with E-state index in [9.17, 15) is 4.79 Å². The summed E-state index contributed by atoms with van der Waals surface area (Å²) in [5.41, 5.74) is 1.63. The van der Waals surface area contributed by atoms with E-state index in [1.165, 1.54) is 0 Å². The van der Waals surface area contributed by atoms with Crippen molar-refractivity contribution < 1.29 is 4.79 Å². The minimum atomic E-state index is -0.0919. The van der Waals surface area contributed by atoms with Crippen molar-refractivity contribution in [2.75, 3.05) is 0 Å². The predicted molar refractivity (Wildman–Crippen MR) is 89.6 cm³/mol. The van der Waals surface area contributed by atoms with Crippen LogP contribution in [0.5, 0.6) is 0 Å². The van der Waals surface area contributed by atoms with Crippen molar-refractivity contribution in [3.05, 3.63) is 47.9 Å². The summed E-state index contributed by atoms with van der Waals surface area (Å²) < 4.78 is 1.83. The third-order valence-electron chi connectivity index (χ3n) is 2.53. The summed E-state index contributed by atoms with van der Waals surface area (Å²) in [6.45, 7) is 3.89. The zero-order valence-corrected chi connectivity index (χ0v) is 15.0. The Morgan fingerprint density at radius 1 is 1.53 bits per heavy atom. The Labute approximate surface area is 138 Å². The molecule has 2 aromatic rings. The fourth-order valence-corrected chi connectivity index (χ4v) is 3.30. The number of amides is 1. The molecule has 0 saturated heterocycles. The lowest BCUT2D eigenvalue weighted by Crippen LogP contribution is -2.27. The Kier molecular flexibility index (Phi) is 4.97. The molecule has 1 amide bonds. The molecule has 1 aromatic heterocycles. The second kappa shape index (κ2) is 6.32. The Bertz CT molecular complexity index is 614. The van der Waals surface area contributed by atoms with E-state index in [1.54, 1.807) is 11.3 Å². The average Bonchev–Trinajstić information content (AvgIpc) is 2.79. The number of benzene rings is 1. The number of halogens is 2. The number of hydrogen-bond acceptors (Lipinski definition) is 3. The second-order valence-corrected chi connectivity index (χ2v) is 7.14. The number of hydrogen-bond donors (Lipinski definition) is 1. The molecule has 6 heteroatoms. The quantitative estimate of drug-likeness (QED) is 0.708. The maximum atomic E-state index is 12.2. The minimum Gasteiger partial charge on any atom is -0.343 e. The van der Waals surface area contributed by atoms with E-state index >= 15 is 0 Å². The number of aromatic nitrogens is 1. The molecule has 0 aliphatic carbocycles. The first kappa shape index (κ1) is 14.9. The van der Waals surface area contributed by atoms with Crippen LogP contribution in [0.25, 0.3) is 0 Å². The van der Waals surface area contributed by atoms with E-state index in [0.717, 1.165) is 18.7 Å². The SMILES string of the molecule is Cc1csc(C(C)NC(=O)c2cc(I)ccc2Br)n1. The van der Waals surface area contributed by atoms with Gasteiger partial charge in [-0.15, -0.1) is 11.3 Å². The van der Waals surface area contributed by atoms with E-state index in [0.29, 0.717) is 5.56 Å². The van der Waals surface area contributed by atoms with Crippen LogP contribution in [-0.4, -0.2) is 10.9 Å². The Hall–Kier alpha value is -0.470. The number of aryl methyl sites for hydroxylation is 1. The van der Waals surface area contributed by atoms with Crippen LogP contribution in [-0.2, 0) is 0 Å². The normalized spacial score (nSPS) is 12.2. The predicted octanol–water partition coefficient (Wildman–Crippen LogP) is 4.31. The number of carbonyl (C=O) groups is 1. The van der Waals surface area contributed by atoms with Crippen molar-refractivity contribution in [3.63, 3.8) is 0 Å². The highest BCUT2D eigenvalue weighted by atomic mass is 127. The van der Waals surface area contributed by atoms with E-state index in [-0.39, 0.29) is 11.9 Å². The van der Waals surface area contributed by atoms with Crippen molar-refractivity contribution in [3.8, 4) is 0 Å². The maximum absolute atomic E-state index is 12.2. The molecule has 19 heavy (non-hydrogen) atoms. The molecule has 1 unspecified atom stereocenters. The number of rotatable bonds is 3. The first-order chi connectivity index (χ1) is 8.97. The standard InChI is InChI=1S/C13H12BrIN2OS/c1-7-6-19-13(16-7)8(2)17-12(18)10-5-9(15)3-4-11(10)14/h3-6,8H,1-2H3,(H,17,18). The van der Waals surface area contributed by atoms with Gasteiger partial charge in [0.2, 0.25) is 0 Å². The molecule has 1 atom stereocenters. The van der Waals surface area contributed by atoms with Gasteiger partial charge in [-0.25, -0.2) is 4.98 Å². The zero-order chi connectivity index (χ0) is 14.0. The molecule has 0 fully saturated rings. The molecule has 1 aromatic carbocycles. The van der Waals surface area contributed by atoms with Crippen LogP contribution in [0.15, 0.2) is 28.1 Å². The van der Waals surface area contributed by atoms with Crippen molar-refractivity contribution >= 4 is 55.8 Å².